The van der Waals surface area contributed by atoms with Gasteiger partial charge in [0.1, 0.15) is 0 Å². The summed E-state index contributed by atoms with van der Waals surface area (Å²) in [7, 11) is 0. The molecular formula is C8H10ClNO. The van der Waals surface area contributed by atoms with Crippen LogP contribution in [0.3, 0.4) is 0 Å². The highest BCUT2D eigenvalue weighted by Gasteiger charge is 2.01. The van der Waals surface area contributed by atoms with Gasteiger partial charge in [0.2, 0.25) is 0 Å². The maximum absolute atomic E-state index is 5.80. The minimum atomic E-state index is 0.136. The van der Waals surface area contributed by atoms with E-state index in [0.29, 0.717) is 10.8 Å². The second-order valence-electron chi connectivity index (χ2n) is 2.47. The van der Waals surface area contributed by atoms with Crippen molar-refractivity contribution >= 4 is 11.6 Å². The Kier molecular flexibility index (Phi) is 2.71. The maximum atomic E-state index is 5.80. The van der Waals surface area contributed by atoms with Crippen LogP contribution in [0.5, 0.6) is 5.75 Å². The summed E-state index contributed by atoms with van der Waals surface area (Å²) in [5, 5.41) is 0.605. The molecule has 1 heterocycles. The van der Waals surface area contributed by atoms with E-state index < -0.39 is 0 Å². The molecule has 0 saturated carbocycles. The van der Waals surface area contributed by atoms with Crippen LogP contribution in [-0.4, -0.2) is 11.1 Å². The number of hydrogen-bond acceptors (Lipinski definition) is 2. The summed E-state index contributed by atoms with van der Waals surface area (Å²) in [6.07, 6.45) is 3.38. The van der Waals surface area contributed by atoms with E-state index in [1.165, 1.54) is 0 Å². The summed E-state index contributed by atoms with van der Waals surface area (Å²) in [6, 6.07) is 1.71. The van der Waals surface area contributed by atoms with Crippen LogP contribution < -0.4 is 4.74 Å². The zero-order valence-corrected chi connectivity index (χ0v) is 7.30. The van der Waals surface area contributed by atoms with Gasteiger partial charge in [-0.1, -0.05) is 11.6 Å². The number of aromatic nitrogens is 1. The van der Waals surface area contributed by atoms with Gasteiger partial charge in [0, 0.05) is 6.20 Å². The van der Waals surface area contributed by atoms with Crippen LogP contribution >= 0.6 is 11.6 Å². The molecule has 0 aliphatic carbocycles. The van der Waals surface area contributed by atoms with Crippen molar-refractivity contribution in [3.05, 3.63) is 23.5 Å². The Balaban J connectivity index is 2.78. The van der Waals surface area contributed by atoms with E-state index in [2.05, 4.69) is 4.98 Å². The predicted molar refractivity (Wildman–Crippen MR) is 45.0 cm³/mol. The first-order valence-corrected chi connectivity index (χ1v) is 3.84. The van der Waals surface area contributed by atoms with E-state index in [1.54, 1.807) is 18.5 Å². The Bertz CT molecular complexity index is 237. The first-order chi connectivity index (χ1) is 5.20. The number of pyridine rings is 1. The van der Waals surface area contributed by atoms with Crippen molar-refractivity contribution in [3.8, 4) is 5.75 Å². The molecule has 0 amide bonds. The molecule has 11 heavy (non-hydrogen) atoms. The van der Waals surface area contributed by atoms with E-state index in [4.69, 9.17) is 16.3 Å². The van der Waals surface area contributed by atoms with Crippen molar-refractivity contribution < 1.29 is 4.74 Å². The number of nitrogens with zero attached hydrogens (tertiary/aromatic N) is 1. The summed E-state index contributed by atoms with van der Waals surface area (Å²) in [6.45, 7) is 3.90. The number of rotatable bonds is 2. The van der Waals surface area contributed by atoms with Gasteiger partial charge in [0.25, 0.3) is 0 Å². The zero-order valence-electron chi connectivity index (χ0n) is 6.54. The number of halogens is 1. The third kappa shape index (κ3) is 2.39. The first-order valence-electron chi connectivity index (χ1n) is 3.46. The summed E-state index contributed by atoms with van der Waals surface area (Å²) in [4.78, 5) is 3.89. The van der Waals surface area contributed by atoms with E-state index in [-0.39, 0.29) is 6.10 Å². The Morgan fingerprint density at radius 1 is 1.55 bits per heavy atom. The Morgan fingerprint density at radius 2 is 2.27 bits per heavy atom. The Morgan fingerprint density at radius 3 is 2.82 bits per heavy atom. The van der Waals surface area contributed by atoms with Crippen LogP contribution in [0.4, 0.5) is 0 Å². The van der Waals surface area contributed by atoms with Gasteiger partial charge < -0.3 is 4.74 Å². The number of ether oxygens (including phenoxy) is 1. The second-order valence-corrected chi connectivity index (χ2v) is 2.88. The number of hydrogen-bond donors (Lipinski definition) is 0. The standard InChI is InChI=1S/C8H10ClNO/c1-6(2)11-8-5-10-4-3-7(8)9/h3-6H,1-2H3. The molecule has 0 bridgehead atoms. The van der Waals surface area contributed by atoms with E-state index in [0.717, 1.165) is 0 Å². The first kappa shape index (κ1) is 8.34. The van der Waals surface area contributed by atoms with Crippen molar-refractivity contribution in [2.24, 2.45) is 0 Å². The van der Waals surface area contributed by atoms with Crippen LogP contribution in [0.15, 0.2) is 18.5 Å². The van der Waals surface area contributed by atoms with Gasteiger partial charge in [0.15, 0.2) is 5.75 Å². The fourth-order valence-corrected chi connectivity index (χ4v) is 0.853. The molecule has 2 nitrogen and oxygen atoms in total. The van der Waals surface area contributed by atoms with Gasteiger partial charge in [-0.15, -0.1) is 0 Å². The Hall–Kier alpha value is -0.760. The van der Waals surface area contributed by atoms with Gasteiger partial charge in [-0.05, 0) is 19.9 Å². The fraction of sp³-hybridized carbons (Fsp3) is 0.375. The normalized spacial score (nSPS) is 10.2. The molecule has 3 heteroatoms. The topological polar surface area (TPSA) is 22.1 Å². The van der Waals surface area contributed by atoms with Crippen molar-refractivity contribution in [1.29, 1.82) is 0 Å². The van der Waals surface area contributed by atoms with Gasteiger partial charge in [-0.2, -0.15) is 0 Å². The lowest BCUT2D eigenvalue weighted by Crippen LogP contribution is -2.05. The second kappa shape index (κ2) is 3.58. The molecule has 60 valence electrons. The highest BCUT2D eigenvalue weighted by Crippen LogP contribution is 2.22. The van der Waals surface area contributed by atoms with Gasteiger partial charge >= 0.3 is 0 Å². The largest absolute Gasteiger partial charge is 0.488 e. The third-order valence-electron chi connectivity index (χ3n) is 1.10. The average molecular weight is 172 g/mol. The van der Waals surface area contributed by atoms with Crippen LogP contribution in [0.1, 0.15) is 13.8 Å². The van der Waals surface area contributed by atoms with Crippen molar-refractivity contribution in [3.63, 3.8) is 0 Å². The molecule has 0 aromatic carbocycles. The van der Waals surface area contributed by atoms with Crippen LogP contribution in [-0.2, 0) is 0 Å². The molecule has 0 spiro atoms. The third-order valence-corrected chi connectivity index (χ3v) is 1.41. The highest BCUT2D eigenvalue weighted by atomic mass is 35.5. The molecule has 0 atom stereocenters. The van der Waals surface area contributed by atoms with Crippen molar-refractivity contribution in [1.82, 2.24) is 4.98 Å². The van der Waals surface area contributed by atoms with Gasteiger partial charge in [-0.3, -0.25) is 4.98 Å². The van der Waals surface area contributed by atoms with Crippen LogP contribution in [0.25, 0.3) is 0 Å². The molecule has 0 N–H and O–H groups in total. The lowest BCUT2D eigenvalue weighted by atomic mass is 10.4. The van der Waals surface area contributed by atoms with E-state index in [9.17, 15) is 0 Å². The molecular weight excluding hydrogens is 162 g/mol. The molecule has 0 unspecified atom stereocenters. The van der Waals surface area contributed by atoms with Gasteiger partial charge in [-0.25, -0.2) is 0 Å². The van der Waals surface area contributed by atoms with Gasteiger partial charge in [0.05, 0.1) is 17.3 Å². The predicted octanol–water partition coefficient (Wildman–Crippen LogP) is 2.52. The average Bonchev–Trinajstić information content (AvgIpc) is 1.93. The smallest absolute Gasteiger partial charge is 0.156 e. The van der Waals surface area contributed by atoms with E-state index >= 15 is 0 Å². The van der Waals surface area contributed by atoms with Crippen LogP contribution in [0.2, 0.25) is 5.02 Å². The van der Waals surface area contributed by atoms with Crippen LogP contribution in [0, 0.1) is 0 Å². The summed E-state index contributed by atoms with van der Waals surface area (Å²) in [5.41, 5.74) is 0. The lowest BCUT2D eigenvalue weighted by Gasteiger charge is -2.09. The summed E-state index contributed by atoms with van der Waals surface area (Å²) in [5.74, 6) is 0.643. The fourth-order valence-electron chi connectivity index (χ4n) is 0.704. The minimum absolute atomic E-state index is 0.136. The summed E-state index contributed by atoms with van der Waals surface area (Å²) >= 11 is 5.80. The molecule has 0 saturated heterocycles. The molecule has 0 fully saturated rings. The summed E-state index contributed by atoms with van der Waals surface area (Å²) < 4.78 is 5.35. The molecule has 0 aliphatic rings. The monoisotopic (exact) mass is 171 g/mol. The van der Waals surface area contributed by atoms with Crippen molar-refractivity contribution in [2.75, 3.05) is 0 Å². The minimum Gasteiger partial charge on any atom is -0.488 e. The van der Waals surface area contributed by atoms with E-state index in [1.807, 2.05) is 13.8 Å². The highest BCUT2D eigenvalue weighted by molar-refractivity contribution is 6.31. The molecule has 1 aromatic rings. The quantitative estimate of drug-likeness (QED) is 0.682. The SMILES string of the molecule is CC(C)Oc1cnccc1Cl. The zero-order chi connectivity index (χ0) is 8.27. The Labute approximate surface area is 71.2 Å². The maximum Gasteiger partial charge on any atom is 0.156 e. The molecule has 1 rings (SSSR count). The molecule has 0 aliphatic heterocycles. The molecule has 0 radical (unpaired) electrons. The lowest BCUT2D eigenvalue weighted by molar-refractivity contribution is 0.241. The van der Waals surface area contributed by atoms with Crippen molar-refractivity contribution in [2.45, 2.75) is 20.0 Å². The molecule has 1 aromatic heterocycles.